The Balaban J connectivity index is 1.93. The minimum absolute atomic E-state index is 0.0498. The molecule has 0 aliphatic heterocycles. The second kappa shape index (κ2) is 6.91. The van der Waals surface area contributed by atoms with Gasteiger partial charge in [0.15, 0.2) is 0 Å². The fraction of sp³-hybridized carbons (Fsp3) is 0.312. The Bertz CT molecular complexity index is 543. The number of benzene rings is 1. The van der Waals surface area contributed by atoms with Gasteiger partial charge in [0.1, 0.15) is 11.5 Å². The summed E-state index contributed by atoms with van der Waals surface area (Å²) in [5.74, 6) is 1.03. The van der Waals surface area contributed by atoms with E-state index in [1.54, 1.807) is 25.4 Å². The van der Waals surface area contributed by atoms with Crippen molar-refractivity contribution in [3.05, 3.63) is 53.9 Å². The average Bonchev–Trinajstić information content (AvgIpc) is 2.48. The molecule has 0 aliphatic rings. The Kier molecular flexibility index (Phi) is 4.96. The molecule has 2 rings (SSSR count). The number of ether oxygens (including phenoxy) is 1. The molecule has 0 saturated heterocycles. The zero-order chi connectivity index (χ0) is 14.4. The number of methoxy groups -OCH3 is 1. The predicted molar refractivity (Wildman–Crippen MR) is 79.0 cm³/mol. The fourth-order valence-corrected chi connectivity index (χ4v) is 2.08. The van der Waals surface area contributed by atoms with E-state index in [-0.39, 0.29) is 11.8 Å². The summed E-state index contributed by atoms with van der Waals surface area (Å²) in [5, 5.41) is 13.3. The monoisotopic (exact) mass is 272 g/mol. The van der Waals surface area contributed by atoms with E-state index in [1.165, 1.54) is 0 Å². The van der Waals surface area contributed by atoms with Gasteiger partial charge in [-0.05, 0) is 37.3 Å². The topological polar surface area (TPSA) is 54.4 Å². The lowest BCUT2D eigenvalue weighted by Gasteiger charge is -2.16. The van der Waals surface area contributed by atoms with E-state index in [0.717, 1.165) is 30.0 Å². The van der Waals surface area contributed by atoms with Gasteiger partial charge in [0.05, 0.1) is 7.11 Å². The summed E-state index contributed by atoms with van der Waals surface area (Å²) < 4.78 is 5.18. The first kappa shape index (κ1) is 14.3. The Morgan fingerprint density at radius 2 is 2.15 bits per heavy atom. The molecule has 0 radical (unpaired) electrons. The average molecular weight is 272 g/mol. The standard InChI is InChI=1S/C16H20N2O2/c1-12(15-11-14(20-2)6-7-16(15)19)17-10-8-13-5-3-4-9-18-13/h3-7,9,11-12,17,19H,8,10H2,1-2H3. The van der Waals surface area contributed by atoms with Crippen LogP contribution < -0.4 is 10.1 Å². The zero-order valence-electron chi connectivity index (χ0n) is 11.8. The Morgan fingerprint density at radius 3 is 2.85 bits per heavy atom. The molecule has 0 fully saturated rings. The summed E-state index contributed by atoms with van der Waals surface area (Å²) in [4.78, 5) is 4.28. The van der Waals surface area contributed by atoms with Crippen LogP contribution in [0, 0.1) is 0 Å². The third-order valence-corrected chi connectivity index (χ3v) is 3.26. The Hall–Kier alpha value is -2.07. The van der Waals surface area contributed by atoms with Gasteiger partial charge in [-0.1, -0.05) is 6.07 Å². The zero-order valence-corrected chi connectivity index (χ0v) is 11.8. The number of hydrogen-bond acceptors (Lipinski definition) is 4. The van der Waals surface area contributed by atoms with Gasteiger partial charge in [-0.3, -0.25) is 4.98 Å². The van der Waals surface area contributed by atoms with Crippen molar-refractivity contribution in [2.45, 2.75) is 19.4 Å². The van der Waals surface area contributed by atoms with Crippen LogP contribution in [0.4, 0.5) is 0 Å². The first-order valence-electron chi connectivity index (χ1n) is 6.71. The first-order chi connectivity index (χ1) is 9.70. The number of nitrogens with one attached hydrogen (secondary N) is 1. The minimum atomic E-state index is 0.0498. The number of rotatable bonds is 6. The van der Waals surface area contributed by atoms with Crippen LogP contribution in [-0.2, 0) is 6.42 Å². The molecule has 0 spiro atoms. The van der Waals surface area contributed by atoms with Crippen molar-refractivity contribution in [1.82, 2.24) is 10.3 Å². The van der Waals surface area contributed by atoms with Crippen molar-refractivity contribution in [3.8, 4) is 11.5 Å². The highest BCUT2D eigenvalue weighted by Gasteiger charge is 2.11. The lowest BCUT2D eigenvalue weighted by Crippen LogP contribution is -2.21. The molecule has 2 aromatic rings. The van der Waals surface area contributed by atoms with E-state index in [0.29, 0.717) is 0 Å². The van der Waals surface area contributed by atoms with Gasteiger partial charge in [0, 0.05) is 36.5 Å². The Labute approximate surface area is 119 Å². The van der Waals surface area contributed by atoms with Crippen LogP contribution >= 0.6 is 0 Å². The third kappa shape index (κ3) is 3.71. The normalized spacial score (nSPS) is 12.1. The summed E-state index contributed by atoms with van der Waals surface area (Å²) in [6.45, 7) is 2.82. The maximum atomic E-state index is 9.91. The minimum Gasteiger partial charge on any atom is -0.508 e. The SMILES string of the molecule is COc1ccc(O)c(C(C)NCCc2ccccn2)c1. The number of pyridine rings is 1. The van der Waals surface area contributed by atoms with Crippen LogP contribution in [0.15, 0.2) is 42.6 Å². The van der Waals surface area contributed by atoms with Gasteiger partial charge in [-0.15, -0.1) is 0 Å². The van der Waals surface area contributed by atoms with Gasteiger partial charge < -0.3 is 15.2 Å². The molecule has 1 heterocycles. The molecule has 4 nitrogen and oxygen atoms in total. The molecule has 0 amide bonds. The molecule has 2 N–H and O–H groups in total. The number of nitrogens with zero attached hydrogens (tertiary/aromatic N) is 1. The van der Waals surface area contributed by atoms with Gasteiger partial charge in [0.2, 0.25) is 0 Å². The number of aromatic hydroxyl groups is 1. The highest BCUT2D eigenvalue weighted by Crippen LogP contribution is 2.28. The molecular weight excluding hydrogens is 252 g/mol. The lowest BCUT2D eigenvalue weighted by atomic mass is 10.1. The maximum absolute atomic E-state index is 9.91. The van der Waals surface area contributed by atoms with Gasteiger partial charge >= 0.3 is 0 Å². The number of aromatic nitrogens is 1. The number of phenolic OH excluding ortho intramolecular Hbond substituents is 1. The summed E-state index contributed by atoms with van der Waals surface area (Å²) in [6, 6.07) is 11.2. The fourth-order valence-electron chi connectivity index (χ4n) is 2.08. The van der Waals surface area contributed by atoms with Crippen molar-refractivity contribution in [2.75, 3.05) is 13.7 Å². The summed E-state index contributed by atoms with van der Waals surface area (Å²) in [6.07, 6.45) is 2.66. The molecule has 0 bridgehead atoms. The van der Waals surface area contributed by atoms with Gasteiger partial charge in [0.25, 0.3) is 0 Å². The van der Waals surface area contributed by atoms with Crippen LogP contribution in [0.1, 0.15) is 24.2 Å². The van der Waals surface area contributed by atoms with E-state index in [1.807, 2.05) is 31.2 Å². The van der Waals surface area contributed by atoms with E-state index >= 15 is 0 Å². The van der Waals surface area contributed by atoms with E-state index in [9.17, 15) is 5.11 Å². The maximum Gasteiger partial charge on any atom is 0.120 e. The van der Waals surface area contributed by atoms with Crippen molar-refractivity contribution >= 4 is 0 Å². The molecule has 20 heavy (non-hydrogen) atoms. The van der Waals surface area contributed by atoms with Gasteiger partial charge in [-0.25, -0.2) is 0 Å². The van der Waals surface area contributed by atoms with Crippen LogP contribution in [-0.4, -0.2) is 23.7 Å². The van der Waals surface area contributed by atoms with Crippen LogP contribution in [0.25, 0.3) is 0 Å². The molecule has 106 valence electrons. The Morgan fingerprint density at radius 1 is 1.30 bits per heavy atom. The van der Waals surface area contributed by atoms with E-state index in [4.69, 9.17) is 4.74 Å². The highest BCUT2D eigenvalue weighted by molar-refractivity contribution is 5.41. The van der Waals surface area contributed by atoms with Crippen LogP contribution in [0.3, 0.4) is 0 Å². The van der Waals surface area contributed by atoms with Crippen molar-refractivity contribution in [2.24, 2.45) is 0 Å². The van der Waals surface area contributed by atoms with Crippen molar-refractivity contribution in [3.63, 3.8) is 0 Å². The quantitative estimate of drug-likeness (QED) is 0.849. The second-order valence-corrected chi connectivity index (χ2v) is 4.67. The molecule has 4 heteroatoms. The molecule has 1 aromatic carbocycles. The van der Waals surface area contributed by atoms with E-state index in [2.05, 4.69) is 10.3 Å². The van der Waals surface area contributed by atoms with Crippen LogP contribution in [0.2, 0.25) is 0 Å². The summed E-state index contributed by atoms with van der Waals surface area (Å²) >= 11 is 0. The highest BCUT2D eigenvalue weighted by atomic mass is 16.5. The smallest absolute Gasteiger partial charge is 0.120 e. The first-order valence-corrected chi connectivity index (χ1v) is 6.71. The molecule has 1 unspecified atom stereocenters. The second-order valence-electron chi connectivity index (χ2n) is 4.67. The van der Waals surface area contributed by atoms with Gasteiger partial charge in [-0.2, -0.15) is 0 Å². The third-order valence-electron chi connectivity index (χ3n) is 3.26. The molecule has 1 aromatic heterocycles. The predicted octanol–water partition coefficient (Wildman–Crippen LogP) is 2.69. The molecular formula is C16H20N2O2. The van der Waals surface area contributed by atoms with Crippen molar-refractivity contribution < 1.29 is 9.84 Å². The van der Waals surface area contributed by atoms with E-state index < -0.39 is 0 Å². The molecule has 1 atom stereocenters. The number of hydrogen-bond donors (Lipinski definition) is 2. The molecule has 0 saturated carbocycles. The molecule has 0 aliphatic carbocycles. The summed E-state index contributed by atoms with van der Waals surface area (Å²) in [7, 11) is 1.62. The summed E-state index contributed by atoms with van der Waals surface area (Å²) in [5.41, 5.74) is 1.90. The largest absolute Gasteiger partial charge is 0.508 e. The lowest BCUT2D eigenvalue weighted by molar-refractivity contribution is 0.407. The number of phenols is 1. The van der Waals surface area contributed by atoms with Crippen LogP contribution in [0.5, 0.6) is 11.5 Å². The van der Waals surface area contributed by atoms with Crippen molar-refractivity contribution in [1.29, 1.82) is 0 Å².